The second-order valence-corrected chi connectivity index (χ2v) is 6.73. The third-order valence-corrected chi connectivity index (χ3v) is 4.35. The van der Waals surface area contributed by atoms with Crippen molar-refractivity contribution in [1.82, 2.24) is 10.3 Å². The summed E-state index contributed by atoms with van der Waals surface area (Å²) in [6.45, 7) is 9.01. The van der Waals surface area contributed by atoms with Gasteiger partial charge in [-0.15, -0.1) is 0 Å². The summed E-state index contributed by atoms with van der Waals surface area (Å²) in [6, 6.07) is 5.52. The van der Waals surface area contributed by atoms with Crippen molar-refractivity contribution in [2.24, 2.45) is 11.0 Å². The van der Waals surface area contributed by atoms with Crippen LogP contribution in [0.2, 0.25) is 0 Å². The molecule has 0 aromatic heterocycles. The van der Waals surface area contributed by atoms with Crippen LogP contribution in [0.3, 0.4) is 0 Å². The van der Waals surface area contributed by atoms with Crippen LogP contribution >= 0.6 is 0 Å². The Morgan fingerprint density at radius 3 is 2.44 bits per heavy atom. The Morgan fingerprint density at radius 2 is 1.85 bits per heavy atom. The molecular formula is C20H29N3O4. The fourth-order valence-corrected chi connectivity index (χ4v) is 2.95. The molecule has 7 heteroatoms. The fourth-order valence-electron chi connectivity index (χ4n) is 2.95. The molecule has 0 radical (unpaired) electrons. The van der Waals surface area contributed by atoms with E-state index >= 15 is 0 Å². The number of hydrogen-bond acceptors (Lipinski definition) is 5. The van der Waals surface area contributed by atoms with Crippen molar-refractivity contribution in [3.8, 4) is 11.5 Å². The molecular weight excluding hydrogens is 346 g/mol. The van der Waals surface area contributed by atoms with E-state index in [2.05, 4.69) is 10.4 Å². The SMILES string of the molecule is CCOc1ccc(C(NC(=O)C2=NN(C)C(=O)CC2)C(C)C)cc1OCC. The van der Waals surface area contributed by atoms with Gasteiger partial charge in [0.25, 0.3) is 5.91 Å². The number of hydrazone groups is 1. The third-order valence-electron chi connectivity index (χ3n) is 4.35. The highest BCUT2D eigenvalue weighted by Crippen LogP contribution is 2.33. The average molecular weight is 375 g/mol. The van der Waals surface area contributed by atoms with E-state index in [4.69, 9.17) is 9.47 Å². The molecule has 1 aromatic rings. The number of nitrogens with one attached hydrogen (secondary N) is 1. The lowest BCUT2D eigenvalue weighted by Gasteiger charge is -2.26. The quantitative estimate of drug-likeness (QED) is 0.758. The van der Waals surface area contributed by atoms with Crippen molar-refractivity contribution >= 4 is 17.5 Å². The van der Waals surface area contributed by atoms with Gasteiger partial charge in [-0.25, -0.2) is 5.01 Å². The van der Waals surface area contributed by atoms with Crippen molar-refractivity contribution in [2.45, 2.75) is 46.6 Å². The predicted molar refractivity (Wildman–Crippen MR) is 104 cm³/mol. The number of rotatable bonds is 8. The zero-order valence-corrected chi connectivity index (χ0v) is 16.7. The first kappa shape index (κ1) is 20.7. The van der Waals surface area contributed by atoms with Crippen LogP contribution in [-0.4, -0.2) is 42.8 Å². The summed E-state index contributed by atoms with van der Waals surface area (Å²) in [5.74, 6) is 1.18. The summed E-state index contributed by atoms with van der Waals surface area (Å²) in [4.78, 5) is 24.2. The second kappa shape index (κ2) is 9.39. The molecule has 2 amide bonds. The van der Waals surface area contributed by atoms with E-state index < -0.39 is 0 Å². The van der Waals surface area contributed by atoms with Crippen molar-refractivity contribution in [3.63, 3.8) is 0 Å². The molecule has 0 saturated heterocycles. The van der Waals surface area contributed by atoms with Crippen molar-refractivity contribution < 1.29 is 19.1 Å². The largest absolute Gasteiger partial charge is 0.490 e. The highest BCUT2D eigenvalue weighted by atomic mass is 16.5. The summed E-state index contributed by atoms with van der Waals surface area (Å²) < 4.78 is 11.3. The van der Waals surface area contributed by atoms with Crippen LogP contribution in [0.4, 0.5) is 0 Å². The normalized spacial score (nSPS) is 15.4. The maximum absolute atomic E-state index is 12.7. The topological polar surface area (TPSA) is 80.2 Å². The van der Waals surface area contributed by atoms with Gasteiger partial charge < -0.3 is 14.8 Å². The molecule has 1 aromatic carbocycles. The summed E-state index contributed by atoms with van der Waals surface area (Å²) >= 11 is 0. The van der Waals surface area contributed by atoms with Crippen LogP contribution in [0.1, 0.15) is 52.1 Å². The molecule has 0 spiro atoms. The van der Waals surface area contributed by atoms with Crippen LogP contribution < -0.4 is 14.8 Å². The molecule has 0 fully saturated rings. The van der Waals surface area contributed by atoms with Crippen molar-refractivity contribution in [1.29, 1.82) is 0 Å². The van der Waals surface area contributed by atoms with Crippen LogP contribution in [0.5, 0.6) is 11.5 Å². The van der Waals surface area contributed by atoms with E-state index in [9.17, 15) is 9.59 Å². The Balaban J connectivity index is 2.24. The Kier molecular flexibility index (Phi) is 7.21. The molecule has 2 rings (SSSR count). The van der Waals surface area contributed by atoms with Crippen LogP contribution in [0, 0.1) is 5.92 Å². The molecule has 0 saturated carbocycles. The smallest absolute Gasteiger partial charge is 0.267 e. The van der Waals surface area contributed by atoms with E-state index in [1.165, 1.54) is 5.01 Å². The minimum absolute atomic E-state index is 0.0835. The Labute approximate surface area is 160 Å². The van der Waals surface area contributed by atoms with Gasteiger partial charge in [0.15, 0.2) is 11.5 Å². The van der Waals surface area contributed by atoms with Crippen LogP contribution in [0.25, 0.3) is 0 Å². The van der Waals surface area contributed by atoms with Gasteiger partial charge in [-0.05, 0) is 37.5 Å². The molecule has 1 atom stereocenters. The molecule has 1 aliphatic heterocycles. The summed E-state index contributed by atoms with van der Waals surface area (Å²) in [5, 5.41) is 8.38. The van der Waals surface area contributed by atoms with E-state index in [1.54, 1.807) is 7.05 Å². The maximum Gasteiger partial charge on any atom is 0.267 e. The standard InChI is InChI=1S/C20H29N3O4/c1-6-26-16-10-8-14(12-17(16)27-7-2)19(13(3)4)21-20(25)15-9-11-18(24)23(5)22-15/h8,10,12-13,19H,6-7,9,11H2,1-5H3,(H,21,25). The zero-order chi connectivity index (χ0) is 20.0. The van der Waals surface area contributed by atoms with Crippen LogP contribution in [0.15, 0.2) is 23.3 Å². The lowest BCUT2D eigenvalue weighted by Crippen LogP contribution is -2.40. The van der Waals surface area contributed by atoms with Crippen LogP contribution in [-0.2, 0) is 9.59 Å². The van der Waals surface area contributed by atoms with Gasteiger partial charge in [-0.2, -0.15) is 5.10 Å². The molecule has 148 valence electrons. The number of carbonyl (C=O) groups excluding carboxylic acids is 2. The predicted octanol–water partition coefficient (Wildman–Crippen LogP) is 2.91. The lowest BCUT2D eigenvalue weighted by molar-refractivity contribution is -0.130. The minimum atomic E-state index is -0.250. The van der Waals surface area contributed by atoms with Gasteiger partial charge in [0, 0.05) is 19.9 Å². The van der Waals surface area contributed by atoms with E-state index in [0.717, 1.165) is 5.56 Å². The molecule has 0 bridgehead atoms. The van der Waals surface area contributed by atoms with Crippen molar-refractivity contribution in [2.75, 3.05) is 20.3 Å². The molecule has 7 nitrogen and oxygen atoms in total. The number of carbonyl (C=O) groups is 2. The number of nitrogens with zero attached hydrogens (tertiary/aromatic N) is 2. The minimum Gasteiger partial charge on any atom is -0.490 e. The molecule has 1 N–H and O–H groups in total. The first-order chi connectivity index (χ1) is 12.9. The number of hydrogen-bond donors (Lipinski definition) is 1. The van der Waals surface area contributed by atoms with Gasteiger partial charge in [0.05, 0.1) is 19.3 Å². The lowest BCUT2D eigenvalue weighted by atomic mass is 9.95. The Morgan fingerprint density at radius 1 is 1.19 bits per heavy atom. The number of ether oxygens (including phenoxy) is 2. The molecule has 27 heavy (non-hydrogen) atoms. The van der Waals surface area contributed by atoms with E-state index in [0.29, 0.717) is 43.3 Å². The zero-order valence-electron chi connectivity index (χ0n) is 16.7. The van der Waals surface area contributed by atoms with Gasteiger partial charge in [-0.3, -0.25) is 9.59 Å². The highest BCUT2D eigenvalue weighted by Gasteiger charge is 2.26. The molecule has 0 aliphatic carbocycles. The summed E-state index contributed by atoms with van der Waals surface area (Å²) in [7, 11) is 1.57. The number of benzene rings is 1. The molecule has 1 aliphatic rings. The average Bonchev–Trinajstić information content (AvgIpc) is 2.63. The molecule has 1 unspecified atom stereocenters. The Hall–Kier alpha value is -2.57. The second-order valence-electron chi connectivity index (χ2n) is 6.73. The molecule has 1 heterocycles. The first-order valence-electron chi connectivity index (χ1n) is 9.41. The fraction of sp³-hybridized carbons (Fsp3) is 0.550. The number of amides is 2. The van der Waals surface area contributed by atoms with Gasteiger partial charge in [0.1, 0.15) is 5.71 Å². The van der Waals surface area contributed by atoms with Gasteiger partial charge in [-0.1, -0.05) is 19.9 Å². The van der Waals surface area contributed by atoms with Crippen molar-refractivity contribution in [3.05, 3.63) is 23.8 Å². The van der Waals surface area contributed by atoms with Gasteiger partial charge >= 0.3 is 0 Å². The van der Waals surface area contributed by atoms with Gasteiger partial charge in [0.2, 0.25) is 5.91 Å². The summed E-state index contributed by atoms with van der Waals surface area (Å²) in [5.41, 5.74) is 1.31. The highest BCUT2D eigenvalue weighted by molar-refractivity contribution is 6.39. The Bertz CT molecular complexity index is 715. The van der Waals surface area contributed by atoms with E-state index in [-0.39, 0.29) is 23.8 Å². The monoisotopic (exact) mass is 375 g/mol. The third kappa shape index (κ3) is 5.21. The van der Waals surface area contributed by atoms with E-state index in [1.807, 2.05) is 45.9 Å². The maximum atomic E-state index is 12.7. The first-order valence-corrected chi connectivity index (χ1v) is 9.41. The summed E-state index contributed by atoms with van der Waals surface area (Å²) in [6.07, 6.45) is 0.653.